The third-order valence-corrected chi connectivity index (χ3v) is 1.95. The molecule has 1 unspecified atom stereocenters. The van der Waals surface area contributed by atoms with E-state index < -0.39 is 12.0 Å². The topological polar surface area (TPSA) is 58.6 Å². The average molecular weight is 228 g/mol. The molecule has 1 atom stereocenters. The van der Waals surface area contributed by atoms with E-state index in [0.29, 0.717) is 0 Å². The molecule has 2 N–H and O–H groups in total. The first-order valence-electron chi connectivity index (χ1n) is 4.84. The summed E-state index contributed by atoms with van der Waals surface area (Å²) in [6, 6.07) is 8.29. The maximum absolute atomic E-state index is 10.9. The van der Waals surface area contributed by atoms with Crippen LogP contribution in [0.25, 0.3) is 0 Å². The Morgan fingerprint density at radius 1 is 1.47 bits per heavy atom. The summed E-state index contributed by atoms with van der Waals surface area (Å²) in [5.74, 6) is 2.86. The summed E-state index contributed by atoms with van der Waals surface area (Å²) in [5, 5.41) is 8.95. The molecule has 0 aliphatic rings. The van der Waals surface area contributed by atoms with Gasteiger partial charge in [-0.3, -0.25) is 10.7 Å². The van der Waals surface area contributed by atoms with Gasteiger partial charge in [0.2, 0.25) is 0 Å². The van der Waals surface area contributed by atoms with Crippen LogP contribution in [0, 0.1) is 24.4 Å². The van der Waals surface area contributed by atoms with Gasteiger partial charge in [0.25, 0.3) is 0 Å². The molecule has 0 fully saturated rings. The Morgan fingerprint density at radius 3 is 2.76 bits per heavy atom. The van der Waals surface area contributed by atoms with Crippen molar-refractivity contribution in [1.29, 1.82) is 0 Å². The molecule has 0 aliphatic carbocycles. The fourth-order valence-corrected chi connectivity index (χ4v) is 1.18. The van der Waals surface area contributed by atoms with Crippen molar-refractivity contribution < 1.29 is 14.7 Å². The van der Waals surface area contributed by atoms with Gasteiger partial charge in [0, 0.05) is 12.5 Å². The zero-order valence-electron chi connectivity index (χ0n) is 8.93. The molecule has 1 rings (SSSR count). The number of hydroxylamine groups is 1. The van der Waals surface area contributed by atoms with E-state index in [4.69, 9.17) is 11.5 Å². The van der Waals surface area contributed by atoms with Crippen LogP contribution in [-0.2, 0) is 16.1 Å². The van der Waals surface area contributed by atoms with Gasteiger partial charge in [0.1, 0.15) is 6.04 Å². The lowest BCUT2D eigenvalue weighted by Gasteiger charge is -2.12. The van der Waals surface area contributed by atoms with Gasteiger partial charge < -0.3 is 16.4 Å². The number of carboxylic acid groups (broad SMARTS) is 1. The summed E-state index contributed by atoms with van der Waals surface area (Å²) in [7, 11) is 0. The third-order valence-electron chi connectivity index (χ3n) is 1.95. The lowest BCUT2D eigenvalue weighted by Crippen LogP contribution is -2.37. The Kier molecular flexibility index (Phi) is 5.16. The van der Waals surface area contributed by atoms with Crippen molar-refractivity contribution >= 4 is 5.97 Å². The van der Waals surface area contributed by atoms with E-state index in [2.05, 4.69) is 22.3 Å². The van der Waals surface area contributed by atoms with Gasteiger partial charge in [0.05, 0.1) is 0 Å². The SMILES string of the molecule is [C-]#CC#CONC(Cc1ccccc1)C(=O)O. The van der Waals surface area contributed by atoms with Crippen LogP contribution in [0.3, 0.4) is 0 Å². The van der Waals surface area contributed by atoms with Crippen LogP contribution in [0.5, 0.6) is 0 Å². The number of rotatable bonds is 5. The van der Waals surface area contributed by atoms with Crippen molar-refractivity contribution in [3.05, 3.63) is 42.3 Å². The highest BCUT2D eigenvalue weighted by atomic mass is 16.6. The van der Waals surface area contributed by atoms with Crippen molar-refractivity contribution in [2.24, 2.45) is 0 Å². The highest BCUT2D eigenvalue weighted by Crippen LogP contribution is 2.03. The monoisotopic (exact) mass is 228 g/mol. The van der Waals surface area contributed by atoms with Crippen molar-refractivity contribution in [3.8, 4) is 17.9 Å². The summed E-state index contributed by atoms with van der Waals surface area (Å²) in [6.07, 6.45) is 8.87. The second kappa shape index (κ2) is 6.95. The zero-order valence-corrected chi connectivity index (χ0v) is 8.93. The Morgan fingerprint density at radius 2 is 2.18 bits per heavy atom. The number of carboxylic acids is 1. The maximum atomic E-state index is 10.9. The van der Waals surface area contributed by atoms with Crippen LogP contribution in [0.15, 0.2) is 30.3 Å². The van der Waals surface area contributed by atoms with Crippen LogP contribution >= 0.6 is 0 Å². The number of aliphatic carboxylic acids is 1. The van der Waals surface area contributed by atoms with E-state index in [9.17, 15) is 4.79 Å². The molecule has 0 radical (unpaired) electrons. The molecule has 86 valence electrons. The normalized spacial score (nSPS) is 10.5. The standard InChI is InChI=1S/C13H10NO3/c1-2-3-9-17-14-12(13(15)16)10-11-7-5-4-6-8-11/h4-8,12,14H,10H2,(H,15,16)/q-1. The van der Waals surface area contributed by atoms with Crippen molar-refractivity contribution in [3.63, 3.8) is 0 Å². The number of nitrogens with one attached hydrogen (secondary N) is 1. The summed E-state index contributed by atoms with van der Waals surface area (Å²) >= 11 is 0. The minimum Gasteiger partial charge on any atom is -0.480 e. The lowest BCUT2D eigenvalue weighted by molar-refractivity contribution is -0.142. The van der Waals surface area contributed by atoms with E-state index in [1.54, 1.807) is 5.92 Å². The van der Waals surface area contributed by atoms with Crippen LogP contribution < -0.4 is 5.48 Å². The minimum absolute atomic E-state index is 0.284. The van der Waals surface area contributed by atoms with Gasteiger partial charge in [-0.15, -0.1) is 5.48 Å². The molecule has 4 heteroatoms. The number of benzene rings is 1. The number of hydrogen-bond acceptors (Lipinski definition) is 3. The van der Waals surface area contributed by atoms with E-state index in [-0.39, 0.29) is 6.42 Å². The lowest BCUT2D eigenvalue weighted by atomic mass is 10.1. The summed E-state index contributed by atoms with van der Waals surface area (Å²) in [4.78, 5) is 15.5. The Hall–Kier alpha value is -2.43. The van der Waals surface area contributed by atoms with Gasteiger partial charge >= 0.3 is 5.97 Å². The zero-order chi connectivity index (χ0) is 12.5. The fourth-order valence-electron chi connectivity index (χ4n) is 1.18. The average Bonchev–Trinajstić information content (AvgIpc) is 2.34. The number of hydrogen-bond donors (Lipinski definition) is 2. The first-order chi connectivity index (χ1) is 8.24. The van der Waals surface area contributed by atoms with Crippen molar-refractivity contribution in [2.45, 2.75) is 12.5 Å². The van der Waals surface area contributed by atoms with E-state index >= 15 is 0 Å². The molecular weight excluding hydrogens is 218 g/mol. The summed E-state index contributed by atoms with van der Waals surface area (Å²) in [5.41, 5.74) is 3.18. The quantitative estimate of drug-likeness (QED) is 0.443. The maximum Gasteiger partial charge on any atom is 0.324 e. The predicted octanol–water partition coefficient (Wildman–Crippen LogP) is 0.754. The van der Waals surface area contributed by atoms with Gasteiger partial charge in [-0.1, -0.05) is 30.3 Å². The van der Waals surface area contributed by atoms with Crippen LogP contribution in [-0.4, -0.2) is 17.1 Å². The first kappa shape index (κ1) is 12.6. The summed E-state index contributed by atoms with van der Waals surface area (Å²) in [6.45, 7) is 0. The third kappa shape index (κ3) is 4.74. The predicted molar refractivity (Wildman–Crippen MR) is 60.7 cm³/mol. The molecule has 0 aromatic heterocycles. The minimum atomic E-state index is -1.03. The van der Waals surface area contributed by atoms with E-state index in [1.807, 2.05) is 30.3 Å². The van der Waals surface area contributed by atoms with Crippen LogP contribution in [0.1, 0.15) is 5.56 Å². The molecule has 1 aromatic rings. The van der Waals surface area contributed by atoms with Crippen molar-refractivity contribution in [2.75, 3.05) is 0 Å². The van der Waals surface area contributed by atoms with Crippen molar-refractivity contribution in [1.82, 2.24) is 5.48 Å². The van der Waals surface area contributed by atoms with E-state index in [0.717, 1.165) is 5.56 Å². The Balaban J connectivity index is 2.56. The highest BCUT2D eigenvalue weighted by molar-refractivity contribution is 5.73. The molecule has 0 bridgehead atoms. The second-order valence-electron chi connectivity index (χ2n) is 3.15. The molecule has 0 saturated heterocycles. The van der Waals surface area contributed by atoms with Crippen LogP contribution in [0.2, 0.25) is 0 Å². The molecular formula is C13H10NO3-. The van der Waals surface area contributed by atoms with Gasteiger partial charge in [0.15, 0.2) is 0 Å². The molecule has 0 aliphatic heterocycles. The van der Waals surface area contributed by atoms with Crippen LogP contribution in [0.4, 0.5) is 0 Å². The fraction of sp³-hybridized carbons (Fsp3) is 0.154. The molecule has 0 saturated carbocycles. The molecule has 1 aromatic carbocycles. The molecule has 4 nitrogen and oxygen atoms in total. The Labute approximate surface area is 99.6 Å². The Bertz CT molecular complexity index is 465. The first-order valence-corrected chi connectivity index (χ1v) is 4.84. The smallest absolute Gasteiger partial charge is 0.324 e. The molecule has 0 spiro atoms. The number of carbonyl (C=O) groups is 1. The van der Waals surface area contributed by atoms with Gasteiger partial charge in [-0.05, 0) is 5.56 Å². The largest absolute Gasteiger partial charge is 0.480 e. The molecule has 0 heterocycles. The van der Waals surface area contributed by atoms with Gasteiger partial charge in [-0.25, -0.2) is 5.92 Å². The second-order valence-corrected chi connectivity index (χ2v) is 3.15. The van der Waals surface area contributed by atoms with E-state index in [1.165, 1.54) is 0 Å². The molecule has 17 heavy (non-hydrogen) atoms. The highest BCUT2D eigenvalue weighted by Gasteiger charge is 2.17. The molecule has 0 amide bonds. The van der Waals surface area contributed by atoms with Gasteiger partial charge in [-0.2, -0.15) is 0 Å². The summed E-state index contributed by atoms with van der Waals surface area (Å²) < 4.78 is 0.